The predicted molar refractivity (Wildman–Crippen MR) is 127 cm³/mol. The van der Waals surface area contributed by atoms with Crippen LogP contribution in [-0.4, -0.2) is 35.9 Å². The standard InChI is InChI=1S/C28H28N2O3/c1-19-8-7-9-20(18-19)26-25(27(31)29-16-17-33-22-10-3-2-4-11-22)23-12-5-6-13-24(23)28(32)30(26)21-14-15-21/h2-13,18,21,25-26H,14-17H2,1H3,(H,29,31). The van der Waals surface area contributed by atoms with Crippen molar-refractivity contribution in [2.45, 2.75) is 37.8 Å². The van der Waals surface area contributed by atoms with Gasteiger partial charge in [0.2, 0.25) is 5.91 Å². The molecule has 168 valence electrons. The highest BCUT2D eigenvalue weighted by Crippen LogP contribution is 2.47. The van der Waals surface area contributed by atoms with Crippen molar-refractivity contribution in [2.24, 2.45) is 0 Å². The van der Waals surface area contributed by atoms with Gasteiger partial charge in [-0.05, 0) is 49.1 Å². The molecular formula is C28H28N2O3. The van der Waals surface area contributed by atoms with Gasteiger partial charge in [-0.15, -0.1) is 0 Å². The van der Waals surface area contributed by atoms with E-state index in [2.05, 4.69) is 11.4 Å². The van der Waals surface area contributed by atoms with Gasteiger partial charge < -0.3 is 15.0 Å². The number of carbonyl (C=O) groups is 2. The molecule has 2 atom stereocenters. The van der Waals surface area contributed by atoms with Crippen molar-refractivity contribution >= 4 is 11.8 Å². The number of nitrogens with zero attached hydrogens (tertiary/aromatic N) is 1. The highest BCUT2D eigenvalue weighted by molar-refractivity contribution is 6.01. The van der Waals surface area contributed by atoms with E-state index >= 15 is 0 Å². The monoisotopic (exact) mass is 440 g/mol. The quantitative estimate of drug-likeness (QED) is 0.545. The molecule has 1 fully saturated rings. The Balaban J connectivity index is 1.44. The summed E-state index contributed by atoms with van der Waals surface area (Å²) in [7, 11) is 0. The molecule has 5 nitrogen and oxygen atoms in total. The van der Waals surface area contributed by atoms with E-state index in [1.165, 1.54) is 0 Å². The predicted octanol–water partition coefficient (Wildman–Crippen LogP) is 4.63. The summed E-state index contributed by atoms with van der Waals surface area (Å²) < 4.78 is 5.75. The van der Waals surface area contributed by atoms with Gasteiger partial charge in [0.1, 0.15) is 12.4 Å². The average molecular weight is 441 g/mol. The van der Waals surface area contributed by atoms with Crippen molar-refractivity contribution in [2.75, 3.05) is 13.2 Å². The van der Waals surface area contributed by atoms with Gasteiger partial charge in [0.05, 0.1) is 18.5 Å². The lowest BCUT2D eigenvalue weighted by molar-refractivity contribution is -0.124. The minimum absolute atomic E-state index is 0.0241. The summed E-state index contributed by atoms with van der Waals surface area (Å²) in [5.41, 5.74) is 3.55. The Morgan fingerprint density at radius 2 is 1.76 bits per heavy atom. The van der Waals surface area contributed by atoms with E-state index in [1.54, 1.807) is 0 Å². The van der Waals surface area contributed by atoms with Crippen LogP contribution in [0.1, 0.15) is 51.8 Å². The second-order valence-corrected chi connectivity index (χ2v) is 8.82. The first kappa shape index (κ1) is 21.3. The summed E-state index contributed by atoms with van der Waals surface area (Å²) >= 11 is 0. The molecule has 3 aromatic rings. The number of aryl methyl sites for hydroxylation is 1. The SMILES string of the molecule is Cc1cccc(C2C(C(=O)NCCOc3ccccc3)c3ccccc3C(=O)N2C2CC2)c1. The molecule has 2 aliphatic rings. The second kappa shape index (κ2) is 9.10. The van der Waals surface area contributed by atoms with Crippen LogP contribution in [0.5, 0.6) is 5.75 Å². The number of carbonyl (C=O) groups excluding carboxylic acids is 2. The smallest absolute Gasteiger partial charge is 0.254 e. The second-order valence-electron chi connectivity index (χ2n) is 8.82. The van der Waals surface area contributed by atoms with Crippen LogP contribution >= 0.6 is 0 Å². The average Bonchev–Trinajstić information content (AvgIpc) is 3.67. The summed E-state index contributed by atoms with van der Waals surface area (Å²) in [5, 5.41) is 3.07. The first-order chi connectivity index (χ1) is 16.1. The fourth-order valence-corrected chi connectivity index (χ4v) is 4.77. The number of benzene rings is 3. The van der Waals surface area contributed by atoms with Crippen LogP contribution in [0, 0.1) is 6.92 Å². The zero-order valence-electron chi connectivity index (χ0n) is 18.7. The molecule has 2 amide bonds. The number of ether oxygens (including phenoxy) is 1. The molecule has 1 heterocycles. The van der Waals surface area contributed by atoms with Crippen LogP contribution in [0.2, 0.25) is 0 Å². The molecule has 1 N–H and O–H groups in total. The van der Waals surface area contributed by atoms with Gasteiger partial charge in [-0.25, -0.2) is 0 Å². The number of hydrogen-bond acceptors (Lipinski definition) is 3. The van der Waals surface area contributed by atoms with E-state index in [1.807, 2.05) is 84.6 Å². The Morgan fingerprint density at radius 1 is 1.00 bits per heavy atom. The third-order valence-electron chi connectivity index (χ3n) is 6.40. The molecule has 5 rings (SSSR count). The molecule has 0 bridgehead atoms. The molecule has 3 aromatic carbocycles. The van der Waals surface area contributed by atoms with Gasteiger partial charge in [-0.1, -0.05) is 66.2 Å². The molecule has 0 spiro atoms. The minimum atomic E-state index is -0.474. The molecule has 0 aromatic heterocycles. The normalized spacial score (nSPS) is 19.7. The van der Waals surface area contributed by atoms with Crippen molar-refractivity contribution in [1.82, 2.24) is 10.2 Å². The number of nitrogens with one attached hydrogen (secondary N) is 1. The number of para-hydroxylation sites is 1. The number of fused-ring (bicyclic) bond motifs is 1. The van der Waals surface area contributed by atoms with Crippen LogP contribution in [0.4, 0.5) is 0 Å². The summed E-state index contributed by atoms with van der Waals surface area (Å²) in [4.78, 5) is 29.1. The summed E-state index contributed by atoms with van der Waals surface area (Å²) in [6, 6.07) is 25.2. The third-order valence-corrected chi connectivity index (χ3v) is 6.40. The van der Waals surface area contributed by atoms with E-state index in [4.69, 9.17) is 4.74 Å². The lowest BCUT2D eigenvalue weighted by Gasteiger charge is -2.42. The van der Waals surface area contributed by atoms with Gasteiger partial charge in [-0.2, -0.15) is 0 Å². The number of rotatable bonds is 7. The lowest BCUT2D eigenvalue weighted by atomic mass is 9.78. The van der Waals surface area contributed by atoms with Crippen molar-refractivity contribution < 1.29 is 14.3 Å². The minimum Gasteiger partial charge on any atom is -0.492 e. The van der Waals surface area contributed by atoms with E-state index in [0.29, 0.717) is 18.7 Å². The first-order valence-electron chi connectivity index (χ1n) is 11.6. The van der Waals surface area contributed by atoms with Crippen molar-refractivity contribution in [1.29, 1.82) is 0 Å². The molecule has 1 saturated carbocycles. The molecular weight excluding hydrogens is 412 g/mol. The highest BCUT2D eigenvalue weighted by Gasteiger charge is 2.48. The Kier molecular flexibility index (Phi) is 5.86. The van der Waals surface area contributed by atoms with Gasteiger partial charge in [0.25, 0.3) is 5.91 Å². The van der Waals surface area contributed by atoms with Crippen LogP contribution in [0.25, 0.3) is 0 Å². The van der Waals surface area contributed by atoms with Gasteiger partial charge in [-0.3, -0.25) is 9.59 Å². The van der Waals surface area contributed by atoms with Crippen LogP contribution in [-0.2, 0) is 4.79 Å². The maximum atomic E-state index is 13.6. The number of hydrogen-bond donors (Lipinski definition) is 1. The maximum absolute atomic E-state index is 13.6. The van der Waals surface area contributed by atoms with E-state index in [0.717, 1.165) is 35.3 Å². The van der Waals surface area contributed by atoms with Crippen molar-refractivity contribution in [3.8, 4) is 5.75 Å². The molecule has 0 saturated heterocycles. The van der Waals surface area contributed by atoms with Crippen LogP contribution < -0.4 is 10.1 Å². The third kappa shape index (κ3) is 4.36. The molecule has 5 heteroatoms. The van der Waals surface area contributed by atoms with Crippen molar-refractivity contribution in [3.63, 3.8) is 0 Å². The Bertz CT molecular complexity index is 1160. The topological polar surface area (TPSA) is 58.6 Å². The highest BCUT2D eigenvalue weighted by atomic mass is 16.5. The van der Waals surface area contributed by atoms with Gasteiger partial charge >= 0.3 is 0 Å². The maximum Gasteiger partial charge on any atom is 0.254 e. The van der Waals surface area contributed by atoms with Gasteiger partial charge in [0, 0.05) is 11.6 Å². The zero-order chi connectivity index (χ0) is 22.8. The summed E-state index contributed by atoms with van der Waals surface area (Å²) in [5.74, 6) is 0.246. The van der Waals surface area contributed by atoms with Crippen molar-refractivity contribution in [3.05, 3.63) is 101 Å². The fourth-order valence-electron chi connectivity index (χ4n) is 4.77. The largest absolute Gasteiger partial charge is 0.492 e. The summed E-state index contributed by atoms with van der Waals surface area (Å²) in [6.07, 6.45) is 1.96. The first-order valence-corrected chi connectivity index (χ1v) is 11.6. The van der Waals surface area contributed by atoms with Crippen LogP contribution in [0.15, 0.2) is 78.9 Å². The number of amides is 2. The summed E-state index contributed by atoms with van der Waals surface area (Å²) in [6.45, 7) is 2.81. The van der Waals surface area contributed by atoms with Crippen LogP contribution in [0.3, 0.4) is 0 Å². The molecule has 33 heavy (non-hydrogen) atoms. The van der Waals surface area contributed by atoms with E-state index in [-0.39, 0.29) is 23.9 Å². The Labute approximate surface area is 194 Å². The zero-order valence-corrected chi connectivity index (χ0v) is 18.7. The molecule has 1 aliphatic carbocycles. The Morgan fingerprint density at radius 3 is 2.52 bits per heavy atom. The molecule has 0 radical (unpaired) electrons. The van der Waals surface area contributed by atoms with Gasteiger partial charge in [0.15, 0.2) is 0 Å². The molecule has 2 unspecified atom stereocenters. The fraction of sp³-hybridized carbons (Fsp3) is 0.286. The van der Waals surface area contributed by atoms with E-state index < -0.39 is 5.92 Å². The van der Waals surface area contributed by atoms with E-state index in [9.17, 15) is 9.59 Å². The molecule has 1 aliphatic heterocycles. The Hall–Kier alpha value is -3.60. The lowest BCUT2D eigenvalue weighted by Crippen LogP contribution is -2.48.